The lowest BCUT2D eigenvalue weighted by Crippen LogP contribution is -2.50. The predicted molar refractivity (Wildman–Crippen MR) is 58.0 cm³/mol. The van der Waals surface area contributed by atoms with Crippen molar-refractivity contribution in [2.24, 2.45) is 11.3 Å². The molecule has 0 aliphatic heterocycles. The molecule has 1 aliphatic rings. The molecule has 1 fully saturated rings. The molecule has 0 spiro atoms. The Morgan fingerprint density at radius 1 is 1.21 bits per heavy atom. The lowest BCUT2D eigenvalue weighted by Gasteiger charge is -2.50. The molecule has 0 aromatic rings. The maximum absolute atomic E-state index is 10.1. The van der Waals surface area contributed by atoms with Gasteiger partial charge in [-0.15, -0.1) is 0 Å². The number of hydrogen-bond acceptors (Lipinski definition) is 2. The first-order valence-electron chi connectivity index (χ1n) is 5.53. The van der Waals surface area contributed by atoms with Crippen molar-refractivity contribution in [3.8, 4) is 0 Å². The minimum absolute atomic E-state index is 0.0609. The van der Waals surface area contributed by atoms with E-state index in [1.54, 1.807) is 0 Å². The van der Waals surface area contributed by atoms with E-state index in [1.807, 2.05) is 20.8 Å². The summed E-state index contributed by atoms with van der Waals surface area (Å²) in [6.07, 6.45) is 2.58. The van der Waals surface area contributed by atoms with Crippen LogP contribution in [-0.2, 0) is 0 Å². The molecule has 14 heavy (non-hydrogen) atoms. The van der Waals surface area contributed by atoms with E-state index in [0.29, 0.717) is 0 Å². The molecule has 0 heterocycles. The van der Waals surface area contributed by atoms with Crippen molar-refractivity contribution in [2.75, 3.05) is 0 Å². The van der Waals surface area contributed by atoms with Gasteiger partial charge >= 0.3 is 0 Å². The lowest BCUT2D eigenvalue weighted by molar-refractivity contribution is -0.129. The van der Waals surface area contributed by atoms with Crippen LogP contribution in [0.25, 0.3) is 0 Å². The number of hydrogen-bond donors (Lipinski definition) is 2. The molecule has 84 valence electrons. The molecule has 0 aromatic heterocycles. The Bertz CT molecular complexity index is 215. The van der Waals surface area contributed by atoms with Crippen LogP contribution in [0.3, 0.4) is 0 Å². The minimum Gasteiger partial charge on any atom is -0.390 e. The molecule has 3 atom stereocenters. The van der Waals surface area contributed by atoms with Crippen LogP contribution in [0.2, 0.25) is 0 Å². The summed E-state index contributed by atoms with van der Waals surface area (Å²) >= 11 is 0. The summed E-state index contributed by atoms with van der Waals surface area (Å²) in [7, 11) is 0. The Kier molecular flexibility index (Phi) is 2.75. The van der Waals surface area contributed by atoms with E-state index in [-0.39, 0.29) is 11.3 Å². The van der Waals surface area contributed by atoms with E-state index in [9.17, 15) is 10.2 Å². The standard InChI is InChI=1S/C12H24O2/c1-9-8-11(4,10(2,3)13)6-7-12(9,5)14/h9,13-14H,6-8H2,1-5H3. The van der Waals surface area contributed by atoms with Gasteiger partial charge in [-0.25, -0.2) is 0 Å². The average molecular weight is 200 g/mol. The van der Waals surface area contributed by atoms with Gasteiger partial charge in [0, 0.05) is 0 Å². The van der Waals surface area contributed by atoms with Gasteiger partial charge in [0.2, 0.25) is 0 Å². The molecule has 2 N–H and O–H groups in total. The molecule has 0 radical (unpaired) electrons. The first kappa shape index (κ1) is 12.0. The Morgan fingerprint density at radius 2 is 1.71 bits per heavy atom. The third kappa shape index (κ3) is 1.96. The second-order valence-electron chi connectivity index (χ2n) is 6.08. The summed E-state index contributed by atoms with van der Waals surface area (Å²) in [6, 6.07) is 0. The summed E-state index contributed by atoms with van der Waals surface area (Å²) in [5.41, 5.74) is -1.27. The van der Waals surface area contributed by atoms with E-state index < -0.39 is 11.2 Å². The average Bonchev–Trinajstić information content (AvgIpc) is 1.96. The fourth-order valence-electron chi connectivity index (χ4n) is 2.33. The zero-order valence-corrected chi connectivity index (χ0v) is 10.1. The lowest BCUT2D eigenvalue weighted by atomic mass is 9.59. The van der Waals surface area contributed by atoms with E-state index in [0.717, 1.165) is 19.3 Å². The number of rotatable bonds is 1. The van der Waals surface area contributed by atoms with E-state index >= 15 is 0 Å². The van der Waals surface area contributed by atoms with Crippen molar-refractivity contribution in [3.63, 3.8) is 0 Å². The highest BCUT2D eigenvalue weighted by Gasteiger charge is 2.48. The molecule has 3 unspecified atom stereocenters. The van der Waals surface area contributed by atoms with Gasteiger partial charge in [-0.05, 0) is 51.4 Å². The molecular weight excluding hydrogens is 176 g/mol. The Morgan fingerprint density at radius 3 is 2.07 bits per heavy atom. The van der Waals surface area contributed by atoms with Gasteiger partial charge in [0.05, 0.1) is 11.2 Å². The quantitative estimate of drug-likeness (QED) is 0.682. The van der Waals surface area contributed by atoms with Crippen molar-refractivity contribution in [1.82, 2.24) is 0 Å². The highest BCUT2D eigenvalue weighted by molar-refractivity contribution is 4.99. The molecule has 1 aliphatic carbocycles. The summed E-state index contributed by atoms with van der Waals surface area (Å²) in [6.45, 7) is 9.85. The van der Waals surface area contributed by atoms with Crippen molar-refractivity contribution in [1.29, 1.82) is 0 Å². The zero-order valence-electron chi connectivity index (χ0n) is 10.1. The molecule has 0 bridgehead atoms. The van der Waals surface area contributed by atoms with Gasteiger partial charge in [0.25, 0.3) is 0 Å². The van der Waals surface area contributed by atoms with Crippen molar-refractivity contribution in [3.05, 3.63) is 0 Å². The Hall–Kier alpha value is -0.0800. The first-order valence-corrected chi connectivity index (χ1v) is 5.53. The first-order chi connectivity index (χ1) is 6.08. The molecular formula is C12H24O2. The Balaban J connectivity index is 2.81. The SMILES string of the molecule is CC1CC(C)(C(C)(C)O)CCC1(C)O. The monoisotopic (exact) mass is 200 g/mol. The fraction of sp³-hybridized carbons (Fsp3) is 1.00. The van der Waals surface area contributed by atoms with Gasteiger partial charge < -0.3 is 10.2 Å². The molecule has 0 aromatic carbocycles. The van der Waals surface area contributed by atoms with E-state index in [1.165, 1.54) is 0 Å². The molecule has 2 nitrogen and oxygen atoms in total. The molecule has 1 saturated carbocycles. The zero-order chi connectivity index (χ0) is 11.2. The van der Waals surface area contributed by atoms with Crippen molar-refractivity contribution < 1.29 is 10.2 Å². The topological polar surface area (TPSA) is 40.5 Å². The van der Waals surface area contributed by atoms with E-state index in [4.69, 9.17) is 0 Å². The van der Waals surface area contributed by atoms with Crippen LogP contribution in [0.15, 0.2) is 0 Å². The van der Waals surface area contributed by atoms with Gasteiger partial charge in [-0.2, -0.15) is 0 Å². The summed E-state index contributed by atoms with van der Waals surface area (Å²) in [4.78, 5) is 0. The smallest absolute Gasteiger partial charge is 0.0645 e. The van der Waals surface area contributed by atoms with Crippen LogP contribution in [0, 0.1) is 11.3 Å². The summed E-state index contributed by atoms with van der Waals surface area (Å²) in [5, 5.41) is 20.2. The second kappa shape index (κ2) is 3.21. The summed E-state index contributed by atoms with van der Waals surface area (Å²) < 4.78 is 0. The van der Waals surface area contributed by atoms with E-state index in [2.05, 4.69) is 13.8 Å². The third-order valence-electron chi connectivity index (χ3n) is 4.48. The number of aliphatic hydroxyl groups is 2. The summed E-state index contributed by atoms with van der Waals surface area (Å²) in [5.74, 6) is 0.257. The van der Waals surface area contributed by atoms with Crippen LogP contribution >= 0.6 is 0 Å². The molecule has 0 amide bonds. The van der Waals surface area contributed by atoms with Gasteiger partial charge in [0.15, 0.2) is 0 Å². The highest BCUT2D eigenvalue weighted by Crippen LogP contribution is 2.49. The fourth-order valence-corrected chi connectivity index (χ4v) is 2.33. The minimum atomic E-state index is -0.655. The molecule has 2 heteroatoms. The Labute approximate surface area is 87.3 Å². The van der Waals surface area contributed by atoms with Gasteiger partial charge in [-0.1, -0.05) is 13.8 Å². The van der Waals surface area contributed by atoms with Gasteiger partial charge in [0.1, 0.15) is 0 Å². The van der Waals surface area contributed by atoms with Crippen LogP contribution in [0.4, 0.5) is 0 Å². The van der Waals surface area contributed by atoms with Crippen molar-refractivity contribution in [2.45, 2.75) is 65.1 Å². The maximum Gasteiger partial charge on any atom is 0.0645 e. The second-order valence-corrected chi connectivity index (χ2v) is 6.08. The van der Waals surface area contributed by atoms with Crippen molar-refractivity contribution >= 4 is 0 Å². The largest absolute Gasteiger partial charge is 0.390 e. The van der Waals surface area contributed by atoms with Gasteiger partial charge in [-0.3, -0.25) is 0 Å². The van der Waals surface area contributed by atoms with Crippen LogP contribution in [-0.4, -0.2) is 21.4 Å². The van der Waals surface area contributed by atoms with Crippen LogP contribution < -0.4 is 0 Å². The van der Waals surface area contributed by atoms with Crippen LogP contribution in [0.1, 0.15) is 53.9 Å². The molecule has 1 rings (SSSR count). The normalized spacial score (nSPS) is 45.2. The van der Waals surface area contributed by atoms with Crippen LogP contribution in [0.5, 0.6) is 0 Å². The third-order valence-corrected chi connectivity index (χ3v) is 4.48. The molecule has 0 saturated heterocycles. The maximum atomic E-state index is 10.1. The predicted octanol–water partition coefficient (Wildman–Crippen LogP) is 2.33. The highest BCUT2D eigenvalue weighted by atomic mass is 16.3.